The van der Waals surface area contributed by atoms with Crippen molar-refractivity contribution in [3.05, 3.63) is 28.3 Å². The Labute approximate surface area is 121 Å². The summed E-state index contributed by atoms with van der Waals surface area (Å²) in [5.41, 5.74) is 1.51. The number of hydrazine groups is 1. The highest BCUT2D eigenvalue weighted by molar-refractivity contribution is 7.98. The molecule has 0 aliphatic heterocycles. The zero-order valence-corrected chi connectivity index (χ0v) is 12.5. The van der Waals surface area contributed by atoms with Gasteiger partial charge in [0.05, 0.1) is 4.92 Å². The van der Waals surface area contributed by atoms with E-state index in [4.69, 9.17) is 5.84 Å². The molecule has 10 heteroatoms. The molecule has 1 aromatic rings. The van der Waals surface area contributed by atoms with E-state index in [1.807, 2.05) is 6.26 Å². The number of nitrogen functional groups attached to an aromatic ring is 1. The molecular weight excluding hydrogens is 304 g/mol. The second-order valence-electron chi connectivity index (χ2n) is 3.80. The topological polar surface area (TPSA) is 127 Å². The van der Waals surface area contributed by atoms with E-state index < -0.39 is 25.5 Å². The first-order valence-electron chi connectivity index (χ1n) is 5.66. The minimum Gasteiger partial charge on any atom is -0.318 e. The van der Waals surface area contributed by atoms with Gasteiger partial charge in [0, 0.05) is 6.54 Å². The molecule has 0 radical (unpaired) electrons. The van der Waals surface area contributed by atoms with E-state index >= 15 is 0 Å². The number of para-hydroxylation sites is 1. The molecule has 4 N–H and O–H groups in total. The van der Waals surface area contributed by atoms with Crippen LogP contribution in [0.15, 0.2) is 23.1 Å². The Hall–Kier alpha value is -1.36. The molecule has 0 atom stereocenters. The van der Waals surface area contributed by atoms with Gasteiger partial charge in [-0.25, -0.2) is 13.1 Å². The minimum atomic E-state index is -3.95. The number of hydrogen-bond acceptors (Lipinski definition) is 7. The fourth-order valence-electron chi connectivity index (χ4n) is 1.54. The number of thioether (sulfide) groups is 1. The van der Waals surface area contributed by atoms with Gasteiger partial charge in [-0.2, -0.15) is 11.8 Å². The number of hydrogen-bond donors (Lipinski definition) is 3. The van der Waals surface area contributed by atoms with Crippen molar-refractivity contribution in [1.29, 1.82) is 0 Å². The van der Waals surface area contributed by atoms with E-state index in [0.29, 0.717) is 6.42 Å². The number of rotatable bonds is 8. The summed E-state index contributed by atoms with van der Waals surface area (Å²) in [6.07, 6.45) is 2.55. The molecule has 0 aliphatic rings. The third-order valence-electron chi connectivity index (χ3n) is 2.44. The van der Waals surface area contributed by atoms with Crippen molar-refractivity contribution in [2.45, 2.75) is 11.3 Å². The van der Waals surface area contributed by atoms with Crippen LogP contribution in [0.3, 0.4) is 0 Å². The maximum Gasteiger partial charge on any atom is 0.313 e. The number of nitrogens with one attached hydrogen (secondary N) is 2. The first-order chi connectivity index (χ1) is 9.44. The molecular formula is C10H16N4O4S2. The number of nitro benzene ring substituents is 1. The monoisotopic (exact) mass is 320 g/mol. The van der Waals surface area contributed by atoms with Gasteiger partial charge in [0.25, 0.3) is 0 Å². The second-order valence-corrected chi connectivity index (χ2v) is 6.52. The molecule has 0 amide bonds. The van der Waals surface area contributed by atoms with Gasteiger partial charge in [0.1, 0.15) is 5.69 Å². The van der Waals surface area contributed by atoms with Crippen molar-refractivity contribution in [1.82, 2.24) is 4.72 Å². The largest absolute Gasteiger partial charge is 0.318 e. The number of anilines is 1. The van der Waals surface area contributed by atoms with Gasteiger partial charge < -0.3 is 5.43 Å². The van der Waals surface area contributed by atoms with Crippen LogP contribution in [0.25, 0.3) is 0 Å². The highest BCUT2D eigenvalue weighted by Gasteiger charge is 2.28. The predicted molar refractivity (Wildman–Crippen MR) is 79.1 cm³/mol. The maximum absolute atomic E-state index is 12.1. The van der Waals surface area contributed by atoms with Gasteiger partial charge in [-0.15, -0.1) is 0 Å². The fraction of sp³-hybridized carbons (Fsp3) is 0.400. The summed E-state index contributed by atoms with van der Waals surface area (Å²) in [5, 5.41) is 11.0. The van der Waals surface area contributed by atoms with Gasteiger partial charge in [-0.05, 0) is 30.6 Å². The molecule has 0 bridgehead atoms. The van der Waals surface area contributed by atoms with E-state index in [0.717, 1.165) is 5.75 Å². The van der Waals surface area contributed by atoms with E-state index in [-0.39, 0.29) is 12.2 Å². The summed E-state index contributed by atoms with van der Waals surface area (Å²) in [5.74, 6) is 5.97. The highest BCUT2D eigenvalue weighted by Crippen LogP contribution is 2.31. The number of benzene rings is 1. The normalized spacial score (nSPS) is 11.3. The van der Waals surface area contributed by atoms with Crippen LogP contribution >= 0.6 is 11.8 Å². The predicted octanol–water partition coefficient (Wildman–Crippen LogP) is 0.912. The molecule has 1 rings (SSSR count). The molecule has 0 saturated heterocycles. The lowest BCUT2D eigenvalue weighted by Crippen LogP contribution is -2.26. The Balaban J connectivity index is 3.08. The molecule has 8 nitrogen and oxygen atoms in total. The fourth-order valence-corrected chi connectivity index (χ4v) is 3.24. The van der Waals surface area contributed by atoms with Gasteiger partial charge in [0.15, 0.2) is 4.90 Å². The zero-order valence-electron chi connectivity index (χ0n) is 10.8. The third kappa shape index (κ3) is 4.07. The highest BCUT2D eigenvalue weighted by atomic mass is 32.2. The van der Waals surface area contributed by atoms with Crippen LogP contribution in [0.2, 0.25) is 0 Å². The van der Waals surface area contributed by atoms with Crippen LogP contribution in [-0.4, -0.2) is 31.9 Å². The van der Waals surface area contributed by atoms with Gasteiger partial charge in [0.2, 0.25) is 10.0 Å². The molecule has 0 spiro atoms. The van der Waals surface area contributed by atoms with Crippen molar-refractivity contribution < 1.29 is 13.3 Å². The average Bonchev–Trinajstić information content (AvgIpc) is 2.42. The summed E-state index contributed by atoms with van der Waals surface area (Å²) in [6, 6.07) is 3.90. The first-order valence-corrected chi connectivity index (χ1v) is 8.54. The van der Waals surface area contributed by atoms with Crippen molar-refractivity contribution in [2.24, 2.45) is 5.84 Å². The average molecular weight is 320 g/mol. The van der Waals surface area contributed by atoms with Crippen molar-refractivity contribution in [2.75, 3.05) is 24.0 Å². The number of sulfonamides is 1. The van der Waals surface area contributed by atoms with Crippen LogP contribution in [0, 0.1) is 10.1 Å². The molecule has 0 fully saturated rings. The smallest absolute Gasteiger partial charge is 0.313 e. The number of nitrogens with two attached hydrogens (primary N) is 1. The Kier molecular flexibility index (Phi) is 6.20. The lowest BCUT2D eigenvalue weighted by molar-refractivity contribution is -0.386. The first kappa shape index (κ1) is 16.7. The second kappa shape index (κ2) is 7.43. The van der Waals surface area contributed by atoms with Gasteiger partial charge >= 0.3 is 5.69 Å². The lowest BCUT2D eigenvalue weighted by Gasteiger charge is -2.09. The summed E-state index contributed by atoms with van der Waals surface area (Å²) in [7, 11) is -3.95. The summed E-state index contributed by atoms with van der Waals surface area (Å²) in [4.78, 5) is 9.87. The molecule has 112 valence electrons. The van der Waals surface area contributed by atoms with Gasteiger partial charge in [-0.3, -0.25) is 16.0 Å². The SMILES string of the molecule is CSCCCNS(=O)(=O)c1cccc(NN)c1[N+](=O)[O-]. The lowest BCUT2D eigenvalue weighted by atomic mass is 10.3. The van der Waals surface area contributed by atoms with Crippen molar-refractivity contribution in [3.63, 3.8) is 0 Å². The minimum absolute atomic E-state index is 0.0537. The summed E-state index contributed by atoms with van der Waals surface area (Å²) >= 11 is 1.59. The van der Waals surface area contributed by atoms with Crippen LogP contribution < -0.4 is 16.0 Å². The Morgan fingerprint density at radius 2 is 2.15 bits per heavy atom. The Morgan fingerprint density at radius 1 is 1.45 bits per heavy atom. The van der Waals surface area contributed by atoms with E-state index in [1.54, 1.807) is 11.8 Å². The summed E-state index contributed by atoms with van der Waals surface area (Å²) in [6.45, 7) is 0.223. The third-order valence-corrected chi connectivity index (χ3v) is 4.63. The molecule has 1 aromatic carbocycles. The molecule has 0 aliphatic carbocycles. The van der Waals surface area contributed by atoms with Crippen LogP contribution in [0.1, 0.15) is 6.42 Å². The standard InChI is InChI=1S/C10H16N4O4S2/c1-19-7-3-6-12-20(17,18)9-5-2-4-8(13-11)10(9)14(15)16/h2,4-5,12-13H,3,6-7,11H2,1H3. The zero-order chi connectivity index (χ0) is 15.2. The van der Waals surface area contributed by atoms with Crippen molar-refractivity contribution in [3.8, 4) is 0 Å². The molecule has 0 unspecified atom stereocenters. The Morgan fingerprint density at radius 3 is 2.70 bits per heavy atom. The quantitative estimate of drug-likeness (QED) is 0.281. The van der Waals surface area contributed by atoms with Crippen LogP contribution in [-0.2, 0) is 10.0 Å². The van der Waals surface area contributed by atoms with Gasteiger partial charge in [-0.1, -0.05) is 6.07 Å². The van der Waals surface area contributed by atoms with Crippen LogP contribution in [0.4, 0.5) is 11.4 Å². The number of nitro groups is 1. The summed E-state index contributed by atoms with van der Waals surface area (Å²) < 4.78 is 26.5. The van der Waals surface area contributed by atoms with Crippen LogP contribution in [0.5, 0.6) is 0 Å². The molecule has 0 aromatic heterocycles. The molecule has 20 heavy (non-hydrogen) atoms. The molecule has 0 saturated carbocycles. The van der Waals surface area contributed by atoms with E-state index in [1.165, 1.54) is 18.2 Å². The molecule has 0 heterocycles. The van der Waals surface area contributed by atoms with Crippen molar-refractivity contribution >= 4 is 33.2 Å². The van der Waals surface area contributed by atoms with E-state index in [2.05, 4.69) is 10.1 Å². The number of nitrogens with zero attached hydrogens (tertiary/aromatic N) is 1. The van der Waals surface area contributed by atoms with E-state index in [9.17, 15) is 18.5 Å². The maximum atomic E-state index is 12.1. The Bertz CT molecular complexity index is 577.